The van der Waals surface area contributed by atoms with E-state index in [0.717, 1.165) is 51.4 Å². The molecule has 50 heavy (non-hydrogen) atoms. The van der Waals surface area contributed by atoms with Gasteiger partial charge in [0.05, 0.1) is 0 Å². The summed E-state index contributed by atoms with van der Waals surface area (Å²) in [6, 6.07) is 28.9. The highest BCUT2D eigenvalue weighted by molar-refractivity contribution is 7.23. The van der Waals surface area contributed by atoms with Crippen molar-refractivity contribution in [3.63, 3.8) is 0 Å². The minimum atomic E-state index is -0.0399. The summed E-state index contributed by atoms with van der Waals surface area (Å²) in [5, 5.41) is 0. The van der Waals surface area contributed by atoms with Crippen molar-refractivity contribution in [2.24, 2.45) is 0 Å². The van der Waals surface area contributed by atoms with Crippen LogP contribution in [0.4, 0.5) is 0 Å². The highest BCUT2D eigenvalue weighted by Gasteiger charge is 2.41. The average Bonchev–Trinajstić information content (AvgIpc) is 4.00. The van der Waals surface area contributed by atoms with Crippen LogP contribution in [0.1, 0.15) is 149 Å². The molecule has 0 radical (unpaired) electrons. The molecule has 0 aromatic carbocycles. The Balaban J connectivity index is 1.46. The van der Waals surface area contributed by atoms with E-state index in [9.17, 15) is 0 Å². The van der Waals surface area contributed by atoms with Gasteiger partial charge in [0.15, 0.2) is 0 Å². The molecule has 1 aliphatic rings. The van der Waals surface area contributed by atoms with E-state index in [2.05, 4.69) is 138 Å². The van der Waals surface area contributed by atoms with Gasteiger partial charge < -0.3 is 9.97 Å². The first kappa shape index (κ1) is 35.7. The third kappa shape index (κ3) is 5.17. The molecule has 6 aromatic rings. The lowest BCUT2D eigenvalue weighted by Crippen LogP contribution is -2.28. The highest BCUT2D eigenvalue weighted by Crippen LogP contribution is 2.52. The zero-order chi connectivity index (χ0) is 35.3. The molecule has 0 atom stereocenters. The second-order valence-electron chi connectivity index (χ2n) is 14.4. The number of H-pyrrole nitrogens is 2. The summed E-state index contributed by atoms with van der Waals surface area (Å²) in [6.07, 6.45) is 8.52. The van der Waals surface area contributed by atoms with Crippen molar-refractivity contribution in [2.75, 3.05) is 0 Å². The third-order valence-corrected chi connectivity index (χ3v) is 18.6. The smallest absolute Gasteiger partial charge is 0.0445 e. The fraction of sp³-hybridized carbons (Fsp3) is 0.455. The maximum Gasteiger partial charge on any atom is 0.0445 e. The van der Waals surface area contributed by atoms with Gasteiger partial charge in [0.25, 0.3) is 0 Å². The van der Waals surface area contributed by atoms with Gasteiger partial charge in [0.1, 0.15) is 0 Å². The van der Waals surface area contributed by atoms with Crippen LogP contribution < -0.4 is 0 Å². The summed E-state index contributed by atoms with van der Waals surface area (Å²) in [6.45, 7) is 19.0. The Bertz CT molecular complexity index is 1750. The number of hydrogen-bond donors (Lipinski definition) is 2. The van der Waals surface area contributed by atoms with E-state index in [1.54, 1.807) is 0 Å². The number of hydrogen-bond acceptors (Lipinski definition) is 4. The second-order valence-corrected chi connectivity index (χ2v) is 18.7. The van der Waals surface area contributed by atoms with Crippen LogP contribution in [0.15, 0.2) is 72.8 Å². The van der Waals surface area contributed by atoms with Gasteiger partial charge in [-0.3, -0.25) is 0 Å². The summed E-state index contributed by atoms with van der Waals surface area (Å²) in [7, 11) is 0. The van der Waals surface area contributed by atoms with E-state index < -0.39 is 0 Å². The van der Waals surface area contributed by atoms with E-state index in [0.29, 0.717) is 0 Å². The van der Waals surface area contributed by atoms with Crippen LogP contribution in [0, 0.1) is 0 Å². The number of thiophene rings is 4. The Hall–Kier alpha value is -2.64. The minimum Gasteiger partial charge on any atom is -0.361 e. The van der Waals surface area contributed by atoms with Crippen LogP contribution in [-0.2, 0) is 21.7 Å². The van der Waals surface area contributed by atoms with Gasteiger partial charge in [-0.15, -0.1) is 45.3 Å². The highest BCUT2D eigenvalue weighted by atomic mass is 32.1. The summed E-state index contributed by atoms with van der Waals surface area (Å²) in [5.74, 6) is 0. The molecule has 0 saturated carbocycles. The van der Waals surface area contributed by atoms with Gasteiger partial charge in [-0.2, -0.15) is 0 Å². The van der Waals surface area contributed by atoms with Crippen LogP contribution in [-0.4, -0.2) is 9.97 Å². The molecular formula is C44H54N2S4. The fourth-order valence-corrected chi connectivity index (χ4v) is 14.9. The Morgan fingerprint density at radius 1 is 0.320 bits per heavy atom. The lowest BCUT2D eigenvalue weighted by Gasteiger charge is -2.33. The second kappa shape index (κ2) is 13.7. The standard InChI is InChI=1S/C44H54N2S4/c1-9-41(10-2)33-21-22-34(45-33)42(11-3,12-4)38-27-19-31(49-38)32-20-28-40(50-32)44(15-7,16-8)36-24-23-35(46-36)43(13-5,14-6)39-26-18-30(48-39)29-17-25-37(41)47-29/h17-28,45-46H,9-16H2,1-8H3. The van der Waals surface area contributed by atoms with Crippen molar-refractivity contribution < 1.29 is 0 Å². The average molecular weight is 739 g/mol. The van der Waals surface area contributed by atoms with Gasteiger partial charge >= 0.3 is 0 Å². The minimum absolute atomic E-state index is 0.0399. The molecule has 2 nitrogen and oxygen atoms in total. The van der Waals surface area contributed by atoms with Crippen molar-refractivity contribution in [1.29, 1.82) is 0 Å². The molecule has 0 saturated heterocycles. The van der Waals surface area contributed by atoms with Gasteiger partial charge in [0, 0.05) is 83.5 Å². The van der Waals surface area contributed by atoms with Crippen LogP contribution in [0.5, 0.6) is 0 Å². The van der Waals surface area contributed by atoms with Crippen molar-refractivity contribution in [1.82, 2.24) is 9.97 Å². The molecule has 0 fully saturated rings. The zero-order valence-corrected chi connectivity index (χ0v) is 34.5. The molecule has 0 unspecified atom stereocenters. The van der Waals surface area contributed by atoms with Crippen LogP contribution in [0.25, 0.3) is 19.5 Å². The molecule has 12 bridgehead atoms. The first-order valence-electron chi connectivity index (χ1n) is 19.1. The molecule has 7 heterocycles. The van der Waals surface area contributed by atoms with Gasteiger partial charge in [-0.25, -0.2) is 0 Å². The van der Waals surface area contributed by atoms with E-state index in [1.807, 2.05) is 45.3 Å². The predicted molar refractivity (Wildman–Crippen MR) is 222 cm³/mol. The van der Waals surface area contributed by atoms with E-state index in [-0.39, 0.29) is 21.7 Å². The van der Waals surface area contributed by atoms with E-state index in [4.69, 9.17) is 0 Å². The number of nitrogens with one attached hydrogen (secondary N) is 2. The SMILES string of the molecule is CCC1(CC)c2ccc([nH]2)C(CC)(CC)c2ccc(s2)-c2ccc(s2)C(CC)(CC)c2ccc([nH]2)C(CC)(CC)c2ccc(s2)-c2ccc1s2. The molecule has 2 N–H and O–H groups in total. The number of aromatic nitrogens is 2. The topological polar surface area (TPSA) is 31.6 Å². The molecule has 0 spiro atoms. The molecule has 264 valence electrons. The number of rotatable bonds is 8. The van der Waals surface area contributed by atoms with Crippen LogP contribution in [0.2, 0.25) is 0 Å². The first-order chi connectivity index (χ1) is 24.3. The van der Waals surface area contributed by atoms with Crippen molar-refractivity contribution in [3.05, 3.63) is 115 Å². The Labute approximate surface area is 316 Å². The maximum absolute atomic E-state index is 4.10. The molecule has 7 rings (SSSR count). The summed E-state index contributed by atoms with van der Waals surface area (Å²) in [5.41, 5.74) is 5.28. The molecule has 6 heteroatoms. The lowest BCUT2D eigenvalue weighted by atomic mass is 9.77. The normalized spacial score (nSPS) is 17.3. The largest absolute Gasteiger partial charge is 0.361 e. The first-order valence-corrected chi connectivity index (χ1v) is 22.3. The molecular weight excluding hydrogens is 685 g/mol. The van der Waals surface area contributed by atoms with E-state index >= 15 is 0 Å². The van der Waals surface area contributed by atoms with Crippen molar-refractivity contribution in [2.45, 2.75) is 128 Å². The predicted octanol–water partition coefficient (Wildman–Crippen LogP) is 14.7. The van der Waals surface area contributed by atoms with Crippen molar-refractivity contribution >= 4 is 45.3 Å². The van der Waals surface area contributed by atoms with Gasteiger partial charge in [0.2, 0.25) is 0 Å². The summed E-state index contributed by atoms with van der Waals surface area (Å²) in [4.78, 5) is 19.6. The van der Waals surface area contributed by atoms with Crippen LogP contribution in [0.3, 0.4) is 0 Å². The summed E-state index contributed by atoms with van der Waals surface area (Å²) < 4.78 is 0. The Morgan fingerprint density at radius 3 is 0.700 bits per heavy atom. The third-order valence-electron chi connectivity index (χ3n) is 13.1. The molecule has 0 amide bonds. The molecule has 1 aliphatic heterocycles. The Morgan fingerprint density at radius 2 is 0.520 bits per heavy atom. The zero-order valence-electron chi connectivity index (χ0n) is 31.2. The van der Waals surface area contributed by atoms with Crippen LogP contribution >= 0.6 is 45.3 Å². The van der Waals surface area contributed by atoms with E-state index in [1.165, 1.54) is 61.8 Å². The number of aromatic amines is 2. The fourth-order valence-electron chi connectivity index (χ4n) is 9.27. The monoisotopic (exact) mass is 738 g/mol. The van der Waals surface area contributed by atoms with Gasteiger partial charge in [-0.05, 0) is 124 Å². The maximum atomic E-state index is 4.10. The molecule has 6 aromatic heterocycles. The van der Waals surface area contributed by atoms with Crippen molar-refractivity contribution in [3.8, 4) is 19.5 Å². The Kier molecular flexibility index (Phi) is 9.81. The quantitative estimate of drug-likeness (QED) is 0.156. The molecule has 0 aliphatic carbocycles. The lowest BCUT2D eigenvalue weighted by molar-refractivity contribution is 0.454. The van der Waals surface area contributed by atoms with Gasteiger partial charge in [-0.1, -0.05) is 55.4 Å². The summed E-state index contributed by atoms with van der Waals surface area (Å²) >= 11 is 8.00. The number of fused-ring (bicyclic) bond motifs is 14.